The summed E-state index contributed by atoms with van der Waals surface area (Å²) in [5.41, 5.74) is 0. The Hall–Kier alpha value is -1.82. The highest BCUT2D eigenvalue weighted by atomic mass is 16.4. The van der Waals surface area contributed by atoms with Gasteiger partial charge in [-0.25, -0.2) is 4.79 Å². The lowest BCUT2D eigenvalue weighted by atomic mass is 10.3. The van der Waals surface area contributed by atoms with E-state index in [0.717, 1.165) is 19.5 Å². The number of carbonyl (C=O) groups excluding carboxylic acids is 1. The zero-order chi connectivity index (χ0) is 13.1. The molecule has 0 bridgehead atoms. The third kappa shape index (κ3) is 2.70. The monoisotopic (exact) mass is 252 g/mol. The number of rotatable bonds is 2. The Morgan fingerprint density at radius 3 is 2.56 bits per heavy atom. The summed E-state index contributed by atoms with van der Waals surface area (Å²) < 4.78 is 5.02. The molecule has 18 heavy (non-hydrogen) atoms. The van der Waals surface area contributed by atoms with Crippen LogP contribution >= 0.6 is 0 Å². The minimum absolute atomic E-state index is 0.0944. The Morgan fingerprint density at radius 1 is 1.17 bits per heavy atom. The van der Waals surface area contributed by atoms with Crippen molar-refractivity contribution in [3.63, 3.8) is 0 Å². The Kier molecular flexibility index (Phi) is 3.66. The highest BCUT2D eigenvalue weighted by Crippen LogP contribution is 2.12. The highest BCUT2D eigenvalue weighted by Gasteiger charge is 2.22. The van der Waals surface area contributed by atoms with Gasteiger partial charge in [0.1, 0.15) is 0 Å². The van der Waals surface area contributed by atoms with E-state index in [1.165, 1.54) is 12.1 Å². The van der Waals surface area contributed by atoms with E-state index in [2.05, 4.69) is 4.90 Å². The molecule has 1 aliphatic heterocycles. The van der Waals surface area contributed by atoms with Gasteiger partial charge in [0.25, 0.3) is 5.91 Å². The van der Waals surface area contributed by atoms with Gasteiger partial charge in [-0.05, 0) is 32.1 Å². The van der Waals surface area contributed by atoms with Crippen LogP contribution in [0.5, 0.6) is 0 Å². The lowest BCUT2D eigenvalue weighted by Gasteiger charge is -2.19. The SMILES string of the molecule is CN1CCCN(C(=O)c2ccc(C(=O)O)o2)CC1. The van der Waals surface area contributed by atoms with Crippen molar-refractivity contribution >= 4 is 11.9 Å². The van der Waals surface area contributed by atoms with Gasteiger partial charge >= 0.3 is 5.97 Å². The van der Waals surface area contributed by atoms with Crippen LogP contribution in [-0.2, 0) is 0 Å². The molecule has 0 spiro atoms. The number of furan rings is 1. The van der Waals surface area contributed by atoms with Gasteiger partial charge in [0.2, 0.25) is 5.76 Å². The minimum atomic E-state index is -1.16. The second-order valence-corrected chi connectivity index (χ2v) is 4.42. The molecule has 0 saturated carbocycles. The van der Waals surface area contributed by atoms with Gasteiger partial charge in [-0.15, -0.1) is 0 Å². The maximum absolute atomic E-state index is 12.1. The van der Waals surface area contributed by atoms with Crippen LogP contribution in [0.15, 0.2) is 16.5 Å². The maximum atomic E-state index is 12.1. The van der Waals surface area contributed by atoms with Crippen LogP contribution in [0, 0.1) is 0 Å². The quantitative estimate of drug-likeness (QED) is 0.841. The highest BCUT2D eigenvalue weighted by molar-refractivity contribution is 5.93. The number of carboxylic acid groups (broad SMARTS) is 1. The third-order valence-electron chi connectivity index (χ3n) is 3.03. The van der Waals surface area contributed by atoms with Crippen molar-refractivity contribution in [3.05, 3.63) is 23.7 Å². The summed E-state index contributed by atoms with van der Waals surface area (Å²) in [6.07, 6.45) is 0.911. The van der Waals surface area contributed by atoms with Crippen molar-refractivity contribution in [2.45, 2.75) is 6.42 Å². The molecule has 0 unspecified atom stereocenters. The molecule has 1 fully saturated rings. The molecule has 2 heterocycles. The van der Waals surface area contributed by atoms with Crippen LogP contribution < -0.4 is 0 Å². The van der Waals surface area contributed by atoms with E-state index in [1.54, 1.807) is 4.90 Å². The molecule has 1 saturated heterocycles. The van der Waals surface area contributed by atoms with Crippen molar-refractivity contribution in [1.82, 2.24) is 9.80 Å². The fourth-order valence-corrected chi connectivity index (χ4v) is 1.97. The Morgan fingerprint density at radius 2 is 1.89 bits per heavy atom. The summed E-state index contributed by atoms with van der Waals surface area (Å²) in [5, 5.41) is 8.74. The van der Waals surface area contributed by atoms with Gasteiger partial charge in [-0.2, -0.15) is 0 Å². The molecule has 98 valence electrons. The van der Waals surface area contributed by atoms with E-state index in [-0.39, 0.29) is 17.4 Å². The molecule has 0 atom stereocenters. The van der Waals surface area contributed by atoms with Crippen LogP contribution in [0.1, 0.15) is 27.5 Å². The first-order valence-corrected chi connectivity index (χ1v) is 5.89. The molecule has 6 nitrogen and oxygen atoms in total. The summed E-state index contributed by atoms with van der Waals surface area (Å²) in [6.45, 7) is 3.09. The van der Waals surface area contributed by atoms with E-state index in [1.807, 2.05) is 7.05 Å². The summed E-state index contributed by atoms with van der Waals surface area (Å²) >= 11 is 0. The van der Waals surface area contributed by atoms with Crippen LogP contribution in [0.25, 0.3) is 0 Å². The summed E-state index contributed by atoms with van der Waals surface area (Å²) in [4.78, 5) is 26.7. The number of hydrogen-bond acceptors (Lipinski definition) is 4. The average Bonchev–Trinajstić information content (AvgIpc) is 2.73. The number of carbonyl (C=O) groups is 2. The van der Waals surface area contributed by atoms with E-state index >= 15 is 0 Å². The molecular formula is C12H16N2O4. The first-order valence-electron chi connectivity index (χ1n) is 5.89. The van der Waals surface area contributed by atoms with Gasteiger partial charge in [-0.3, -0.25) is 4.79 Å². The Labute approximate surface area is 105 Å². The van der Waals surface area contributed by atoms with Gasteiger partial charge in [-0.1, -0.05) is 0 Å². The standard InChI is InChI=1S/C12H16N2O4/c1-13-5-2-6-14(8-7-13)11(15)9-3-4-10(18-9)12(16)17/h3-4H,2,5-8H2,1H3,(H,16,17). The molecule has 1 N–H and O–H groups in total. The smallest absolute Gasteiger partial charge is 0.371 e. The predicted molar refractivity (Wildman–Crippen MR) is 63.7 cm³/mol. The third-order valence-corrected chi connectivity index (χ3v) is 3.03. The second kappa shape index (κ2) is 5.22. The maximum Gasteiger partial charge on any atom is 0.371 e. The van der Waals surface area contributed by atoms with Gasteiger partial charge < -0.3 is 19.3 Å². The number of nitrogens with zero attached hydrogens (tertiary/aromatic N) is 2. The second-order valence-electron chi connectivity index (χ2n) is 4.42. The fraction of sp³-hybridized carbons (Fsp3) is 0.500. The molecule has 2 rings (SSSR count). The van der Waals surface area contributed by atoms with Crippen molar-refractivity contribution in [1.29, 1.82) is 0 Å². The topological polar surface area (TPSA) is 74.0 Å². The lowest BCUT2D eigenvalue weighted by Crippen LogP contribution is -2.34. The number of amides is 1. The molecule has 1 aromatic heterocycles. The summed E-state index contributed by atoms with van der Waals surface area (Å²) in [7, 11) is 2.02. The molecule has 0 aromatic carbocycles. The van der Waals surface area contributed by atoms with Crippen LogP contribution in [0.4, 0.5) is 0 Å². The normalized spacial score (nSPS) is 17.5. The first-order chi connectivity index (χ1) is 8.58. The Bertz CT molecular complexity index is 455. The van der Waals surface area contributed by atoms with E-state index in [4.69, 9.17) is 9.52 Å². The zero-order valence-electron chi connectivity index (χ0n) is 10.3. The van der Waals surface area contributed by atoms with E-state index < -0.39 is 5.97 Å². The van der Waals surface area contributed by atoms with Gasteiger partial charge in [0.05, 0.1) is 0 Å². The molecule has 0 aliphatic carbocycles. The molecule has 0 radical (unpaired) electrons. The molecular weight excluding hydrogens is 236 g/mol. The largest absolute Gasteiger partial charge is 0.475 e. The minimum Gasteiger partial charge on any atom is -0.475 e. The van der Waals surface area contributed by atoms with Crippen molar-refractivity contribution in [2.24, 2.45) is 0 Å². The number of carboxylic acids is 1. The fourth-order valence-electron chi connectivity index (χ4n) is 1.97. The molecule has 1 aliphatic rings. The molecule has 1 aromatic rings. The van der Waals surface area contributed by atoms with E-state index in [9.17, 15) is 9.59 Å². The lowest BCUT2D eigenvalue weighted by molar-refractivity contribution is 0.0650. The first kappa shape index (κ1) is 12.6. The number of aromatic carboxylic acids is 1. The average molecular weight is 252 g/mol. The van der Waals surface area contributed by atoms with Crippen LogP contribution in [-0.4, -0.2) is 60.0 Å². The summed E-state index contributed by atoms with van der Waals surface area (Å²) in [6, 6.07) is 2.72. The van der Waals surface area contributed by atoms with Crippen molar-refractivity contribution in [3.8, 4) is 0 Å². The number of hydrogen-bond donors (Lipinski definition) is 1. The van der Waals surface area contributed by atoms with Crippen LogP contribution in [0.2, 0.25) is 0 Å². The Balaban J connectivity index is 2.07. The van der Waals surface area contributed by atoms with Crippen molar-refractivity contribution in [2.75, 3.05) is 33.2 Å². The van der Waals surface area contributed by atoms with Crippen LogP contribution in [0.3, 0.4) is 0 Å². The number of likely N-dealkylation sites (N-methyl/N-ethyl adjacent to an activating group) is 1. The van der Waals surface area contributed by atoms with Crippen molar-refractivity contribution < 1.29 is 19.1 Å². The molecule has 6 heteroatoms. The molecule has 1 amide bonds. The summed E-state index contributed by atoms with van der Waals surface area (Å²) in [5.74, 6) is -1.51. The predicted octanol–water partition coefficient (Wildman–Crippen LogP) is 0.756. The zero-order valence-corrected chi connectivity index (χ0v) is 10.3. The van der Waals surface area contributed by atoms with Gasteiger partial charge in [0.15, 0.2) is 5.76 Å². The van der Waals surface area contributed by atoms with E-state index in [0.29, 0.717) is 13.1 Å². The van der Waals surface area contributed by atoms with Gasteiger partial charge in [0, 0.05) is 19.6 Å².